The largest absolute Gasteiger partial charge is 0.352 e. The molecule has 4 rings (SSSR count). The van der Waals surface area contributed by atoms with Crippen molar-refractivity contribution in [2.75, 3.05) is 0 Å². The van der Waals surface area contributed by atoms with E-state index in [9.17, 15) is 14.4 Å². The standard InChI is InChI=1S/C26H23ClN4O3/c1-16(2)29-23(33)15-31-25(18-7-5-8-20(27)12-18)30-24-22(26(31)34)13-19(14-28-24)21-9-4-3-6-17(21)10-11-32/h3-9,11-14,16H,10,15H2,1-2H3,(H,29,33). The van der Waals surface area contributed by atoms with Gasteiger partial charge in [0.25, 0.3) is 5.56 Å². The van der Waals surface area contributed by atoms with Crippen LogP contribution < -0.4 is 10.9 Å². The molecule has 2 aromatic carbocycles. The molecule has 0 aliphatic rings. The molecule has 0 saturated heterocycles. The van der Waals surface area contributed by atoms with Crippen molar-refractivity contribution >= 4 is 34.8 Å². The summed E-state index contributed by atoms with van der Waals surface area (Å²) in [6.07, 6.45) is 2.72. The minimum Gasteiger partial charge on any atom is -0.352 e. The van der Waals surface area contributed by atoms with Crippen LogP contribution in [0.2, 0.25) is 5.02 Å². The number of aromatic nitrogens is 3. The van der Waals surface area contributed by atoms with Crippen LogP contribution in [0.15, 0.2) is 65.6 Å². The van der Waals surface area contributed by atoms with Crippen molar-refractivity contribution < 1.29 is 9.59 Å². The highest BCUT2D eigenvalue weighted by molar-refractivity contribution is 6.30. The quantitative estimate of drug-likeness (QED) is 0.408. The number of pyridine rings is 1. The predicted molar refractivity (Wildman–Crippen MR) is 133 cm³/mol. The summed E-state index contributed by atoms with van der Waals surface area (Å²) in [6, 6.07) is 16.0. The monoisotopic (exact) mass is 474 g/mol. The summed E-state index contributed by atoms with van der Waals surface area (Å²) in [4.78, 5) is 46.4. The second-order valence-electron chi connectivity index (χ2n) is 8.18. The fraction of sp³-hybridized carbons (Fsp3) is 0.192. The summed E-state index contributed by atoms with van der Waals surface area (Å²) in [7, 11) is 0. The smallest absolute Gasteiger partial charge is 0.263 e. The van der Waals surface area contributed by atoms with Gasteiger partial charge < -0.3 is 10.1 Å². The normalized spacial score (nSPS) is 11.1. The zero-order chi connectivity index (χ0) is 24.2. The zero-order valence-corrected chi connectivity index (χ0v) is 19.5. The average molecular weight is 475 g/mol. The molecule has 0 spiro atoms. The number of halogens is 1. The van der Waals surface area contributed by atoms with Crippen LogP contribution in [0.5, 0.6) is 0 Å². The Kier molecular flexibility index (Phi) is 6.84. The number of hydrogen-bond acceptors (Lipinski definition) is 5. The Morgan fingerprint density at radius 1 is 1.12 bits per heavy atom. The van der Waals surface area contributed by atoms with Gasteiger partial charge in [0.2, 0.25) is 5.91 Å². The van der Waals surface area contributed by atoms with Crippen LogP contribution in [0.1, 0.15) is 19.4 Å². The van der Waals surface area contributed by atoms with Crippen LogP contribution in [-0.2, 0) is 22.6 Å². The minimum absolute atomic E-state index is 0.0752. The van der Waals surface area contributed by atoms with Crippen molar-refractivity contribution in [1.82, 2.24) is 19.9 Å². The van der Waals surface area contributed by atoms with Gasteiger partial charge in [-0.25, -0.2) is 9.97 Å². The molecule has 7 nitrogen and oxygen atoms in total. The predicted octanol–water partition coefficient (Wildman–Crippen LogP) is 4.04. The lowest BCUT2D eigenvalue weighted by molar-refractivity contribution is -0.122. The number of rotatable bonds is 7. The number of nitrogens with zero attached hydrogens (tertiary/aromatic N) is 3. The first-order chi connectivity index (χ1) is 16.4. The van der Waals surface area contributed by atoms with Crippen molar-refractivity contribution in [2.24, 2.45) is 0 Å². The molecular weight excluding hydrogens is 452 g/mol. The number of hydrogen-bond donors (Lipinski definition) is 1. The average Bonchev–Trinajstić information content (AvgIpc) is 2.81. The lowest BCUT2D eigenvalue weighted by Gasteiger charge is -2.15. The van der Waals surface area contributed by atoms with Crippen molar-refractivity contribution in [2.45, 2.75) is 32.9 Å². The van der Waals surface area contributed by atoms with Crippen molar-refractivity contribution in [1.29, 1.82) is 0 Å². The van der Waals surface area contributed by atoms with Gasteiger partial charge in [-0.2, -0.15) is 0 Å². The van der Waals surface area contributed by atoms with Crippen LogP contribution in [0.25, 0.3) is 33.5 Å². The molecule has 0 aliphatic heterocycles. The van der Waals surface area contributed by atoms with Crippen LogP contribution in [0.4, 0.5) is 0 Å². The lowest BCUT2D eigenvalue weighted by Crippen LogP contribution is -2.37. The first kappa shape index (κ1) is 23.3. The highest BCUT2D eigenvalue weighted by Crippen LogP contribution is 2.26. The van der Waals surface area contributed by atoms with E-state index in [1.807, 2.05) is 38.1 Å². The van der Waals surface area contributed by atoms with Crippen LogP contribution in [-0.4, -0.2) is 32.8 Å². The van der Waals surface area contributed by atoms with E-state index in [2.05, 4.69) is 15.3 Å². The van der Waals surface area contributed by atoms with E-state index in [-0.39, 0.29) is 41.5 Å². The first-order valence-electron chi connectivity index (χ1n) is 10.8. The summed E-state index contributed by atoms with van der Waals surface area (Å²) in [5.41, 5.74) is 2.81. The molecule has 4 aromatic rings. The second-order valence-corrected chi connectivity index (χ2v) is 8.62. The Hall–Kier alpha value is -3.84. The van der Waals surface area contributed by atoms with E-state index >= 15 is 0 Å². The Labute approximate surface area is 201 Å². The molecule has 2 aromatic heterocycles. The summed E-state index contributed by atoms with van der Waals surface area (Å²) < 4.78 is 1.34. The zero-order valence-electron chi connectivity index (χ0n) is 18.8. The van der Waals surface area contributed by atoms with Gasteiger partial charge in [-0.1, -0.05) is 48.0 Å². The first-order valence-corrected chi connectivity index (χ1v) is 11.2. The number of benzene rings is 2. The summed E-state index contributed by atoms with van der Waals surface area (Å²) in [6.45, 7) is 3.50. The molecular formula is C26H23ClN4O3. The maximum absolute atomic E-state index is 13.6. The van der Waals surface area contributed by atoms with E-state index < -0.39 is 0 Å². The maximum atomic E-state index is 13.6. The third-order valence-electron chi connectivity index (χ3n) is 5.28. The summed E-state index contributed by atoms with van der Waals surface area (Å²) in [5, 5.41) is 3.58. The van der Waals surface area contributed by atoms with Crippen LogP contribution >= 0.6 is 11.6 Å². The van der Waals surface area contributed by atoms with E-state index in [1.165, 1.54) is 4.57 Å². The van der Waals surface area contributed by atoms with Crippen molar-refractivity contribution in [3.63, 3.8) is 0 Å². The third-order valence-corrected chi connectivity index (χ3v) is 5.51. The molecule has 0 radical (unpaired) electrons. The molecule has 0 aliphatic carbocycles. The van der Waals surface area contributed by atoms with Gasteiger partial charge in [0.05, 0.1) is 5.39 Å². The number of fused-ring (bicyclic) bond motifs is 1. The molecule has 8 heteroatoms. The minimum atomic E-state index is -0.388. The molecule has 0 bridgehead atoms. The Bertz CT molecular complexity index is 1450. The fourth-order valence-corrected chi connectivity index (χ4v) is 4.02. The maximum Gasteiger partial charge on any atom is 0.263 e. The van der Waals surface area contributed by atoms with Crippen LogP contribution in [0.3, 0.4) is 0 Å². The van der Waals surface area contributed by atoms with Crippen molar-refractivity contribution in [3.05, 3.63) is 81.7 Å². The molecule has 0 atom stereocenters. The number of carbonyl (C=O) groups is 2. The number of amides is 1. The second kappa shape index (κ2) is 9.97. The summed E-state index contributed by atoms with van der Waals surface area (Å²) in [5.74, 6) is 0.00230. The van der Waals surface area contributed by atoms with Gasteiger partial charge in [0, 0.05) is 34.8 Å². The SMILES string of the molecule is CC(C)NC(=O)Cn1c(-c2cccc(Cl)c2)nc2ncc(-c3ccccc3CC=O)cc2c1=O. The third kappa shape index (κ3) is 4.89. The van der Waals surface area contributed by atoms with E-state index in [4.69, 9.17) is 11.6 Å². The molecule has 0 saturated carbocycles. The van der Waals surface area contributed by atoms with E-state index in [0.717, 1.165) is 17.4 Å². The van der Waals surface area contributed by atoms with Gasteiger partial charge >= 0.3 is 0 Å². The molecule has 1 amide bonds. The topological polar surface area (TPSA) is 93.9 Å². The van der Waals surface area contributed by atoms with Gasteiger partial charge in [-0.05, 0) is 43.2 Å². The molecule has 2 heterocycles. The molecule has 34 heavy (non-hydrogen) atoms. The van der Waals surface area contributed by atoms with Gasteiger partial charge in [0.1, 0.15) is 18.7 Å². The highest BCUT2D eigenvalue weighted by Gasteiger charge is 2.18. The van der Waals surface area contributed by atoms with Crippen LogP contribution in [0, 0.1) is 0 Å². The summed E-state index contributed by atoms with van der Waals surface area (Å²) >= 11 is 6.17. The Morgan fingerprint density at radius 2 is 1.91 bits per heavy atom. The number of carbonyl (C=O) groups excluding carboxylic acids is 2. The number of aldehydes is 1. The molecule has 172 valence electrons. The van der Waals surface area contributed by atoms with Crippen molar-refractivity contribution in [3.8, 4) is 22.5 Å². The molecule has 0 fully saturated rings. The Morgan fingerprint density at radius 3 is 2.65 bits per heavy atom. The number of nitrogens with one attached hydrogen (secondary N) is 1. The van der Waals surface area contributed by atoms with E-state index in [0.29, 0.717) is 22.0 Å². The highest BCUT2D eigenvalue weighted by atomic mass is 35.5. The van der Waals surface area contributed by atoms with E-state index in [1.54, 1.807) is 36.5 Å². The van der Waals surface area contributed by atoms with Gasteiger partial charge in [0.15, 0.2) is 5.65 Å². The lowest BCUT2D eigenvalue weighted by atomic mass is 9.99. The Balaban J connectivity index is 1.92. The molecule has 0 unspecified atom stereocenters. The van der Waals surface area contributed by atoms with Gasteiger partial charge in [-0.15, -0.1) is 0 Å². The van der Waals surface area contributed by atoms with Gasteiger partial charge in [-0.3, -0.25) is 14.2 Å². The molecule has 1 N–H and O–H groups in total. The fourth-order valence-electron chi connectivity index (χ4n) is 3.83.